The number of thioether (sulfide) groups is 1. The van der Waals surface area contributed by atoms with Crippen LogP contribution < -0.4 is 4.90 Å². The summed E-state index contributed by atoms with van der Waals surface area (Å²) >= 11 is 1.47. The van der Waals surface area contributed by atoms with Gasteiger partial charge in [0.1, 0.15) is 11.1 Å². The van der Waals surface area contributed by atoms with Crippen LogP contribution in [0.4, 0.5) is 11.4 Å². The third kappa shape index (κ3) is 3.51. The molecule has 0 saturated carbocycles. The van der Waals surface area contributed by atoms with Gasteiger partial charge in [0.15, 0.2) is 0 Å². The Labute approximate surface area is 162 Å². The molecule has 3 rings (SSSR count). The van der Waals surface area contributed by atoms with E-state index in [1.807, 2.05) is 39.8 Å². The van der Waals surface area contributed by atoms with Crippen molar-refractivity contribution in [1.82, 2.24) is 0 Å². The highest BCUT2D eigenvalue weighted by Crippen LogP contribution is 2.48. The molecule has 1 amide bonds. The first-order valence-corrected chi connectivity index (χ1v) is 9.71. The van der Waals surface area contributed by atoms with Crippen molar-refractivity contribution in [3.8, 4) is 5.75 Å². The molecule has 1 aliphatic rings. The number of carbonyl (C=O) groups excluding carboxylic acids is 1. The Morgan fingerprint density at radius 1 is 1.26 bits per heavy atom. The average molecular weight is 386 g/mol. The summed E-state index contributed by atoms with van der Waals surface area (Å²) in [6.07, 6.45) is 0. The van der Waals surface area contributed by atoms with E-state index in [2.05, 4.69) is 0 Å². The quantitative estimate of drug-likeness (QED) is 0.597. The number of amides is 1. The number of phenols is 1. The second-order valence-electron chi connectivity index (χ2n) is 7.04. The van der Waals surface area contributed by atoms with Gasteiger partial charge in [-0.05, 0) is 48.6 Å². The van der Waals surface area contributed by atoms with Crippen LogP contribution in [0.3, 0.4) is 0 Å². The van der Waals surface area contributed by atoms with Gasteiger partial charge >= 0.3 is 0 Å². The van der Waals surface area contributed by atoms with E-state index in [-0.39, 0.29) is 33.9 Å². The predicted octanol–water partition coefficient (Wildman–Crippen LogP) is 4.90. The highest BCUT2D eigenvalue weighted by atomic mass is 32.2. The van der Waals surface area contributed by atoms with E-state index in [1.54, 1.807) is 17.0 Å². The maximum atomic E-state index is 12.9. The van der Waals surface area contributed by atoms with E-state index in [9.17, 15) is 20.0 Å². The second kappa shape index (κ2) is 7.23. The first-order valence-electron chi connectivity index (χ1n) is 8.77. The molecule has 2 unspecified atom stereocenters. The SMILES string of the molecule is Cc1cc(O)c(C(C)C)cc1N1C(=O)C(C)SC1c1cccc([N+](=O)[O-])c1. The fourth-order valence-electron chi connectivity index (χ4n) is 3.31. The van der Waals surface area contributed by atoms with Crippen LogP contribution in [0, 0.1) is 17.0 Å². The van der Waals surface area contributed by atoms with E-state index in [0.717, 1.165) is 16.8 Å². The van der Waals surface area contributed by atoms with Crippen molar-refractivity contribution in [2.24, 2.45) is 0 Å². The van der Waals surface area contributed by atoms with Crippen LogP contribution in [-0.4, -0.2) is 21.2 Å². The van der Waals surface area contributed by atoms with Crippen LogP contribution in [0.1, 0.15) is 48.8 Å². The lowest BCUT2D eigenvalue weighted by Gasteiger charge is -2.27. The zero-order valence-electron chi connectivity index (χ0n) is 15.7. The summed E-state index contributed by atoms with van der Waals surface area (Å²) in [5.41, 5.74) is 3.01. The lowest BCUT2D eigenvalue weighted by molar-refractivity contribution is -0.384. The Hall–Kier alpha value is -2.54. The van der Waals surface area contributed by atoms with E-state index >= 15 is 0 Å². The fourth-order valence-corrected chi connectivity index (χ4v) is 4.57. The lowest BCUT2D eigenvalue weighted by atomic mass is 9.98. The molecule has 2 aromatic rings. The predicted molar refractivity (Wildman–Crippen MR) is 107 cm³/mol. The van der Waals surface area contributed by atoms with Crippen molar-refractivity contribution >= 4 is 29.0 Å². The molecule has 0 aliphatic carbocycles. The molecular weight excluding hydrogens is 364 g/mol. The lowest BCUT2D eigenvalue weighted by Crippen LogP contribution is -2.30. The van der Waals surface area contributed by atoms with E-state index in [4.69, 9.17) is 0 Å². The molecule has 6 nitrogen and oxygen atoms in total. The molecule has 0 bridgehead atoms. The molecule has 0 spiro atoms. The van der Waals surface area contributed by atoms with Gasteiger partial charge in [-0.25, -0.2) is 0 Å². The van der Waals surface area contributed by atoms with Gasteiger partial charge in [0.05, 0.1) is 10.2 Å². The van der Waals surface area contributed by atoms with Crippen LogP contribution in [-0.2, 0) is 4.79 Å². The molecule has 27 heavy (non-hydrogen) atoms. The molecule has 142 valence electrons. The minimum atomic E-state index is -0.429. The molecular formula is C20H22N2O4S. The van der Waals surface area contributed by atoms with E-state index in [1.165, 1.54) is 23.9 Å². The Bertz CT molecular complexity index is 913. The van der Waals surface area contributed by atoms with Crippen molar-refractivity contribution < 1.29 is 14.8 Å². The Morgan fingerprint density at radius 2 is 1.96 bits per heavy atom. The number of rotatable bonds is 4. The third-order valence-electron chi connectivity index (χ3n) is 4.75. The summed E-state index contributed by atoms with van der Waals surface area (Å²) in [5, 5.41) is 20.8. The Balaban J connectivity index is 2.12. The van der Waals surface area contributed by atoms with Crippen molar-refractivity contribution in [1.29, 1.82) is 0 Å². The van der Waals surface area contributed by atoms with Crippen LogP contribution in [0.15, 0.2) is 36.4 Å². The standard InChI is InChI=1S/C20H22N2O4S/c1-11(2)16-10-17(12(3)8-18(16)23)21-19(24)13(4)27-20(21)14-6-5-7-15(9-14)22(25)26/h5-11,13,20,23H,1-4H3. The van der Waals surface area contributed by atoms with Crippen LogP contribution in [0.25, 0.3) is 0 Å². The maximum absolute atomic E-state index is 12.9. The molecule has 1 N–H and O–H groups in total. The van der Waals surface area contributed by atoms with Gasteiger partial charge < -0.3 is 5.11 Å². The largest absolute Gasteiger partial charge is 0.508 e. The molecule has 1 saturated heterocycles. The van der Waals surface area contributed by atoms with Crippen molar-refractivity contribution in [3.63, 3.8) is 0 Å². The van der Waals surface area contributed by atoms with Crippen LogP contribution in [0.2, 0.25) is 0 Å². The zero-order valence-corrected chi connectivity index (χ0v) is 16.5. The van der Waals surface area contributed by atoms with E-state index < -0.39 is 4.92 Å². The number of anilines is 1. The molecule has 1 fully saturated rings. The summed E-state index contributed by atoms with van der Waals surface area (Å²) in [4.78, 5) is 25.4. The summed E-state index contributed by atoms with van der Waals surface area (Å²) in [7, 11) is 0. The van der Waals surface area contributed by atoms with Crippen LogP contribution >= 0.6 is 11.8 Å². The van der Waals surface area contributed by atoms with Crippen molar-refractivity contribution in [3.05, 3.63) is 63.2 Å². The van der Waals surface area contributed by atoms with Gasteiger partial charge in [-0.2, -0.15) is 0 Å². The van der Waals surface area contributed by atoms with Crippen molar-refractivity contribution in [2.75, 3.05) is 4.90 Å². The first kappa shape index (κ1) is 19.2. The number of aromatic hydroxyl groups is 1. The molecule has 2 atom stereocenters. The monoisotopic (exact) mass is 386 g/mol. The number of nitro groups is 1. The molecule has 0 aromatic heterocycles. The van der Waals surface area contributed by atoms with Gasteiger partial charge in [-0.15, -0.1) is 11.8 Å². The number of aryl methyl sites for hydroxylation is 1. The third-order valence-corrected chi connectivity index (χ3v) is 6.10. The maximum Gasteiger partial charge on any atom is 0.269 e. The zero-order chi connectivity index (χ0) is 19.9. The van der Waals surface area contributed by atoms with Gasteiger partial charge in [0, 0.05) is 17.8 Å². The van der Waals surface area contributed by atoms with Crippen molar-refractivity contribution in [2.45, 2.75) is 44.2 Å². The molecule has 0 radical (unpaired) electrons. The second-order valence-corrected chi connectivity index (χ2v) is 8.47. The number of nitro benzene ring substituents is 1. The molecule has 1 aliphatic heterocycles. The molecule has 7 heteroatoms. The van der Waals surface area contributed by atoms with E-state index in [0.29, 0.717) is 5.56 Å². The Kier molecular flexibility index (Phi) is 5.15. The average Bonchev–Trinajstić information content (AvgIpc) is 2.90. The van der Waals surface area contributed by atoms with Gasteiger partial charge in [0.2, 0.25) is 5.91 Å². The molecule has 1 heterocycles. The normalized spacial score (nSPS) is 19.7. The Morgan fingerprint density at radius 3 is 2.59 bits per heavy atom. The van der Waals surface area contributed by atoms with Gasteiger partial charge in [-0.1, -0.05) is 26.0 Å². The number of benzene rings is 2. The fraction of sp³-hybridized carbons (Fsp3) is 0.350. The number of phenolic OH excluding ortho intramolecular Hbond substituents is 1. The minimum absolute atomic E-state index is 0.00495. The first-order chi connectivity index (χ1) is 12.7. The molecule has 2 aromatic carbocycles. The number of carbonyl (C=O) groups is 1. The van der Waals surface area contributed by atoms with Gasteiger partial charge in [0.25, 0.3) is 5.69 Å². The summed E-state index contributed by atoms with van der Waals surface area (Å²) in [6.45, 7) is 7.66. The van der Waals surface area contributed by atoms with Gasteiger partial charge in [-0.3, -0.25) is 19.8 Å². The summed E-state index contributed by atoms with van der Waals surface area (Å²) in [5.74, 6) is 0.272. The number of non-ortho nitro benzene ring substituents is 1. The summed E-state index contributed by atoms with van der Waals surface area (Å²) in [6, 6.07) is 9.95. The highest BCUT2D eigenvalue weighted by molar-refractivity contribution is 8.01. The smallest absolute Gasteiger partial charge is 0.269 e. The summed E-state index contributed by atoms with van der Waals surface area (Å²) < 4.78 is 0. The van der Waals surface area contributed by atoms with Crippen LogP contribution in [0.5, 0.6) is 5.75 Å². The number of hydrogen-bond acceptors (Lipinski definition) is 5. The minimum Gasteiger partial charge on any atom is -0.508 e. The number of hydrogen-bond donors (Lipinski definition) is 1. The topological polar surface area (TPSA) is 83.7 Å². The number of nitrogens with zero attached hydrogens (tertiary/aromatic N) is 2. The highest BCUT2D eigenvalue weighted by Gasteiger charge is 2.40.